The van der Waals surface area contributed by atoms with Gasteiger partial charge in [-0.2, -0.15) is 0 Å². The van der Waals surface area contributed by atoms with Crippen LogP contribution in [0.1, 0.15) is 27.2 Å². The molecule has 0 spiro atoms. The summed E-state index contributed by atoms with van der Waals surface area (Å²) in [7, 11) is 0. The first-order valence-corrected chi connectivity index (χ1v) is 6.92. The van der Waals surface area contributed by atoms with Crippen LogP contribution < -0.4 is 0 Å². The molecule has 1 aliphatic rings. The fourth-order valence-corrected chi connectivity index (χ4v) is 2.75. The van der Waals surface area contributed by atoms with Crippen molar-refractivity contribution in [1.82, 2.24) is 0 Å². The van der Waals surface area contributed by atoms with E-state index in [1.54, 1.807) is 0 Å². The maximum absolute atomic E-state index is 11.1. The molecule has 0 bridgehead atoms. The van der Waals surface area contributed by atoms with Gasteiger partial charge in [-0.25, -0.2) is 0 Å². The minimum absolute atomic E-state index is 0.197. The van der Waals surface area contributed by atoms with Gasteiger partial charge < -0.3 is 0 Å². The molecule has 0 aromatic carbocycles. The van der Waals surface area contributed by atoms with Gasteiger partial charge in [0.25, 0.3) is 0 Å². The SMILES string of the molecule is CSC(=O)SCC1CC(C)(C)C(C)=N1. The third-order valence-corrected chi connectivity index (χ3v) is 4.64. The molecule has 2 nitrogen and oxygen atoms in total. The number of nitrogens with zero attached hydrogens (tertiary/aromatic N) is 1. The van der Waals surface area contributed by atoms with Crippen molar-refractivity contribution in [2.24, 2.45) is 10.4 Å². The molecule has 80 valence electrons. The van der Waals surface area contributed by atoms with Crippen LogP contribution in [-0.2, 0) is 0 Å². The van der Waals surface area contributed by atoms with Crippen LogP contribution >= 0.6 is 23.5 Å². The van der Waals surface area contributed by atoms with E-state index in [1.165, 1.54) is 29.2 Å². The van der Waals surface area contributed by atoms with E-state index >= 15 is 0 Å². The molecule has 0 saturated carbocycles. The van der Waals surface area contributed by atoms with Gasteiger partial charge in [-0.05, 0) is 19.6 Å². The molecule has 14 heavy (non-hydrogen) atoms. The largest absolute Gasteiger partial charge is 0.290 e. The minimum atomic E-state index is 0.197. The molecule has 0 aromatic heterocycles. The van der Waals surface area contributed by atoms with Gasteiger partial charge >= 0.3 is 0 Å². The maximum atomic E-state index is 11.1. The summed E-state index contributed by atoms with van der Waals surface area (Å²) in [4.78, 5) is 15.7. The average Bonchev–Trinajstić information content (AvgIpc) is 2.37. The highest BCUT2D eigenvalue weighted by Gasteiger charge is 2.32. The van der Waals surface area contributed by atoms with E-state index in [1.807, 2.05) is 6.26 Å². The Bertz CT molecular complexity index is 261. The lowest BCUT2D eigenvalue weighted by molar-refractivity contribution is 0.276. The number of hydrogen-bond acceptors (Lipinski definition) is 4. The van der Waals surface area contributed by atoms with Gasteiger partial charge in [0.05, 0.1) is 6.04 Å². The van der Waals surface area contributed by atoms with Crippen molar-refractivity contribution >= 4 is 33.7 Å². The lowest BCUT2D eigenvalue weighted by Crippen LogP contribution is -2.18. The van der Waals surface area contributed by atoms with Gasteiger partial charge in [-0.15, -0.1) is 0 Å². The maximum Gasteiger partial charge on any atom is 0.245 e. The predicted molar refractivity (Wildman–Crippen MR) is 66.7 cm³/mol. The summed E-state index contributed by atoms with van der Waals surface area (Å²) < 4.78 is 0.197. The smallest absolute Gasteiger partial charge is 0.245 e. The molecule has 1 rings (SSSR count). The van der Waals surface area contributed by atoms with Gasteiger partial charge in [0.2, 0.25) is 4.45 Å². The molecule has 0 aliphatic carbocycles. The number of aliphatic imine (C=N–C) groups is 1. The second-order valence-electron chi connectivity index (χ2n) is 4.22. The molecule has 1 unspecified atom stereocenters. The molecule has 0 N–H and O–H groups in total. The average molecular weight is 231 g/mol. The lowest BCUT2D eigenvalue weighted by Gasteiger charge is -2.17. The van der Waals surface area contributed by atoms with Crippen LogP contribution in [-0.4, -0.2) is 28.2 Å². The molecular formula is C10H17NOS2. The van der Waals surface area contributed by atoms with Crippen LogP contribution in [0.25, 0.3) is 0 Å². The quantitative estimate of drug-likeness (QED) is 0.729. The highest BCUT2D eigenvalue weighted by molar-refractivity contribution is 8.38. The van der Waals surface area contributed by atoms with Crippen molar-refractivity contribution in [2.45, 2.75) is 33.2 Å². The number of carbonyl (C=O) groups excluding carboxylic acids is 1. The molecule has 0 radical (unpaired) electrons. The van der Waals surface area contributed by atoms with Crippen molar-refractivity contribution in [3.8, 4) is 0 Å². The van der Waals surface area contributed by atoms with E-state index < -0.39 is 0 Å². The Morgan fingerprint density at radius 3 is 2.71 bits per heavy atom. The zero-order valence-corrected chi connectivity index (χ0v) is 10.8. The van der Waals surface area contributed by atoms with E-state index in [0.29, 0.717) is 6.04 Å². The van der Waals surface area contributed by atoms with Crippen LogP contribution in [0.4, 0.5) is 4.79 Å². The molecular weight excluding hydrogens is 214 g/mol. The molecule has 0 fully saturated rings. The van der Waals surface area contributed by atoms with E-state index in [0.717, 1.165) is 12.2 Å². The van der Waals surface area contributed by atoms with E-state index in [4.69, 9.17) is 0 Å². The highest BCUT2D eigenvalue weighted by Crippen LogP contribution is 2.34. The number of carbonyl (C=O) groups is 1. The first kappa shape index (κ1) is 12.1. The van der Waals surface area contributed by atoms with Gasteiger partial charge in [0, 0.05) is 16.9 Å². The Kier molecular flexibility index (Phi) is 4.07. The molecule has 0 amide bonds. The van der Waals surface area contributed by atoms with Gasteiger partial charge in [0.1, 0.15) is 0 Å². The Hall–Kier alpha value is 0.0400. The van der Waals surface area contributed by atoms with E-state index in [-0.39, 0.29) is 9.86 Å². The lowest BCUT2D eigenvalue weighted by atomic mass is 9.85. The summed E-state index contributed by atoms with van der Waals surface area (Å²) in [6, 6.07) is 0.339. The first-order valence-electron chi connectivity index (χ1n) is 4.71. The van der Waals surface area contributed by atoms with Crippen LogP contribution in [0, 0.1) is 5.41 Å². The Morgan fingerprint density at radius 2 is 2.29 bits per heavy atom. The Morgan fingerprint density at radius 1 is 1.64 bits per heavy atom. The van der Waals surface area contributed by atoms with Gasteiger partial charge in [-0.3, -0.25) is 9.79 Å². The molecule has 1 aliphatic heterocycles. The van der Waals surface area contributed by atoms with Crippen LogP contribution in [0.3, 0.4) is 0 Å². The first-order chi connectivity index (χ1) is 6.45. The zero-order chi connectivity index (χ0) is 10.8. The molecule has 4 heteroatoms. The third kappa shape index (κ3) is 3.02. The van der Waals surface area contributed by atoms with E-state index in [2.05, 4.69) is 25.8 Å². The summed E-state index contributed by atoms with van der Waals surface area (Å²) >= 11 is 2.68. The summed E-state index contributed by atoms with van der Waals surface area (Å²) in [5, 5.41) is 0. The summed E-state index contributed by atoms with van der Waals surface area (Å²) in [5.41, 5.74) is 1.45. The number of hydrogen-bond donors (Lipinski definition) is 0. The Balaban J connectivity index is 2.40. The van der Waals surface area contributed by atoms with Crippen molar-refractivity contribution in [3.63, 3.8) is 0 Å². The zero-order valence-electron chi connectivity index (χ0n) is 9.16. The third-order valence-electron chi connectivity index (χ3n) is 2.66. The Labute approximate surface area is 94.3 Å². The topological polar surface area (TPSA) is 29.4 Å². The van der Waals surface area contributed by atoms with Crippen molar-refractivity contribution < 1.29 is 4.79 Å². The van der Waals surface area contributed by atoms with Gasteiger partial charge in [-0.1, -0.05) is 37.4 Å². The second-order valence-corrected chi connectivity index (χ2v) is 6.25. The van der Waals surface area contributed by atoms with Gasteiger partial charge in [0.15, 0.2) is 0 Å². The molecule has 1 heterocycles. The van der Waals surface area contributed by atoms with Crippen LogP contribution in [0.15, 0.2) is 4.99 Å². The van der Waals surface area contributed by atoms with Crippen molar-refractivity contribution in [3.05, 3.63) is 0 Å². The minimum Gasteiger partial charge on any atom is -0.290 e. The fraction of sp³-hybridized carbons (Fsp3) is 0.800. The second kappa shape index (κ2) is 4.71. The summed E-state index contributed by atoms with van der Waals surface area (Å²) in [5.74, 6) is 0.834. The predicted octanol–water partition coefficient (Wildman–Crippen LogP) is 3.46. The monoisotopic (exact) mass is 231 g/mol. The highest BCUT2D eigenvalue weighted by atomic mass is 32.2. The van der Waals surface area contributed by atoms with Crippen molar-refractivity contribution in [1.29, 1.82) is 0 Å². The fourth-order valence-electron chi connectivity index (χ4n) is 1.55. The summed E-state index contributed by atoms with van der Waals surface area (Å²) in [6.07, 6.45) is 2.90. The molecule has 0 aromatic rings. The summed E-state index contributed by atoms with van der Waals surface area (Å²) in [6.45, 7) is 6.51. The standard InChI is InChI=1S/C10H17NOS2/c1-7-10(2,3)5-8(11-7)6-14-9(12)13-4/h8H,5-6H2,1-4H3. The normalized spacial score (nSPS) is 24.9. The van der Waals surface area contributed by atoms with Crippen LogP contribution in [0.2, 0.25) is 0 Å². The molecule has 1 atom stereocenters. The number of thioether (sulfide) groups is 2. The van der Waals surface area contributed by atoms with E-state index in [9.17, 15) is 4.79 Å². The molecule has 0 saturated heterocycles. The van der Waals surface area contributed by atoms with Crippen molar-refractivity contribution in [2.75, 3.05) is 12.0 Å². The number of rotatable bonds is 2. The van der Waals surface area contributed by atoms with Crippen LogP contribution in [0.5, 0.6) is 0 Å².